The maximum absolute atomic E-state index is 11.8. The van der Waals surface area contributed by atoms with E-state index in [1.807, 2.05) is 73.8 Å². The van der Waals surface area contributed by atoms with Gasteiger partial charge in [0.15, 0.2) is 11.6 Å². The van der Waals surface area contributed by atoms with Crippen LogP contribution < -0.4 is 16.0 Å². The molecule has 33 heavy (non-hydrogen) atoms. The zero-order valence-corrected chi connectivity index (χ0v) is 21.8. The number of hydrogen-bond donors (Lipinski definition) is 3. The van der Waals surface area contributed by atoms with Crippen molar-refractivity contribution < 1.29 is 9.53 Å². The first-order chi connectivity index (χ1) is 15.3. The van der Waals surface area contributed by atoms with Gasteiger partial charge in [0.05, 0.1) is 0 Å². The lowest BCUT2D eigenvalue weighted by Gasteiger charge is -2.19. The van der Waals surface area contributed by atoms with Gasteiger partial charge in [0.2, 0.25) is 0 Å². The van der Waals surface area contributed by atoms with Crippen molar-refractivity contribution in [2.24, 2.45) is 4.99 Å². The van der Waals surface area contributed by atoms with Crippen LogP contribution in [-0.2, 0) is 17.6 Å². The summed E-state index contributed by atoms with van der Waals surface area (Å²) in [5, 5.41) is 17.8. The molecule has 0 spiro atoms. The summed E-state index contributed by atoms with van der Waals surface area (Å²) in [6.45, 7) is 6.93. The number of carbonyl (C=O) groups is 1. The molecule has 3 rings (SSSR count). The van der Waals surface area contributed by atoms with E-state index in [0.29, 0.717) is 12.2 Å². The van der Waals surface area contributed by atoms with E-state index in [4.69, 9.17) is 4.74 Å². The summed E-state index contributed by atoms with van der Waals surface area (Å²) in [4.78, 5) is 16.1. The van der Waals surface area contributed by atoms with Gasteiger partial charge in [-0.25, -0.2) is 4.79 Å². The second kappa shape index (κ2) is 12.4. The first kappa shape index (κ1) is 26.4. The fourth-order valence-corrected chi connectivity index (χ4v) is 3.08. The predicted molar refractivity (Wildman–Crippen MR) is 141 cm³/mol. The number of ether oxygens (including phenoxy) is 1. The Morgan fingerprint density at radius 2 is 1.73 bits per heavy atom. The van der Waals surface area contributed by atoms with Gasteiger partial charge in [-0.3, -0.25) is 14.7 Å². The fraction of sp³-hybridized carbons (Fsp3) is 0.391. The molecular formula is C23H32IN7O2. The second-order valence-electron chi connectivity index (χ2n) is 8.29. The SMILES string of the molecule is CN=C(NCCc1ccc(NC(=O)OC(C)(C)C)cc1)NCCc1nnc2ccccn12.I. The molecule has 0 radical (unpaired) electrons. The number of rotatable bonds is 7. The number of carbonyl (C=O) groups excluding carboxylic acids is 1. The fourth-order valence-electron chi connectivity index (χ4n) is 3.08. The van der Waals surface area contributed by atoms with Crippen molar-refractivity contribution >= 4 is 47.4 Å². The highest BCUT2D eigenvalue weighted by atomic mass is 127. The van der Waals surface area contributed by atoms with E-state index in [1.165, 1.54) is 0 Å². The van der Waals surface area contributed by atoms with E-state index >= 15 is 0 Å². The molecule has 0 bridgehead atoms. The molecule has 2 aromatic heterocycles. The van der Waals surface area contributed by atoms with Crippen LogP contribution in [0.25, 0.3) is 5.65 Å². The molecule has 0 aliphatic heterocycles. The van der Waals surface area contributed by atoms with Crippen LogP contribution in [0.3, 0.4) is 0 Å². The average Bonchev–Trinajstić information content (AvgIpc) is 3.15. The van der Waals surface area contributed by atoms with Crippen molar-refractivity contribution in [1.29, 1.82) is 0 Å². The lowest BCUT2D eigenvalue weighted by Crippen LogP contribution is -2.39. The van der Waals surface area contributed by atoms with Gasteiger partial charge >= 0.3 is 6.09 Å². The van der Waals surface area contributed by atoms with Crippen LogP contribution in [0.5, 0.6) is 0 Å². The van der Waals surface area contributed by atoms with Crippen LogP contribution >= 0.6 is 24.0 Å². The minimum absolute atomic E-state index is 0. The van der Waals surface area contributed by atoms with Gasteiger partial charge in [0, 0.05) is 38.4 Å². The van der Waals surface area contributed by atoms with Crippen molar-refractivity contribution in [3.8, 4) is 0 Å². The molecule has 178 valence electrons. The molecule has 0 unspecified atom stereocenters. The van der Waals surface area contributed by atoms with Crippen LogP contribution in [0, 0.1) is 0 Å². The minimum Gasteiger partial charge on any atom is -0.444 e. The summed E-state index contributed by atoms with van der Waals surface area (Å²) in [6, 6.07) is 13.6. The summed E-state index contributed by atoms with van der Waals surface area (Å²) < 4.78 is 7.25. The number of nitrogens with zero attached hydrogens (tertiary/aromatic N) is 4. The Balaban J connectivity index is 0.00000385. The average molecular weight is 565 g/mol. The van der Waals surface area contributed by atoms with Gasteiger partial charge in [0.1, 0.15) is 11.4 Å². The molecule has 0 aliphatic carbocycles. The molecule has 0 aliphatic rings. The Hall–Kier alpha value is -2.89. The van der Waals surface area contributed by atoms with Crippen molar-refractivity contribution in [1.82, 2.24) is 25.2 Å². The highest BCUT2D eigenvalue weighted by molar-refractivity contribution is 14.0. The maximum Gasteiger partial charge on any atom is 0.412 e. The smallest absolute Gasteiger partial charge is 0.412 e. The highest BCUT2D eigenvalue weighted by Gasteiger charge is 2.16. The van der Waals surface area contributed by atoms with Gasteiger partial charge in [-0.2, -0.15) is 0 Å². The molecule has 0 fully saturated rings. The molecular weight excluding hydrogens is 533 g/mol. The topological polar surface area (TPSA) is 105 Å². The third-order valence-electron chi connectivity index (χ3n) is 4.55. The predicted octanol–water partition coefficient (Wildman–Crippen LogP) is 3.64. The number of fused-ring (bicyclic) bond motifs is 1. The standard InChI is InChI=1S/C23H31N7O2.HI/c1-23(2,3)32-22(31)27-18-10-8-17(9-11-18)12-14-25-21(24-4)26-15-13-20-29-28-19-7-5-6-16-30(19)20;/h5-11,16H,12-15H2,1-4H3,(H,27,31)(H2,24,25,26);1H. The van der Waals surface area contributed by atoms with E-state index in [2.05, 4.69) is 31.1 Å². The van der Waals surface area contributed by atoms with E-state index in [-0.39, 0.29) is 24.0 Å². The molecule has 0 saturated heterocycles. The summed E-state index contributed by atoms with van der Waals surface area (Å²) in [5.41, 5.74) is 2.18. The normalized spacial score (nSPS) is 11.6. The van der Waals surface area contributed by atoms with Crippen molar-refractivity contribution in [2.45, 2.75) is 39.2 Å². The number of hydrogen-bond acceptors (Lipinski definition) is 5. The number of benzene rings is 1. The first-order valence-electron chi connectivity index (χ1n) is 10.7. The molecule has 10 heteroatoms. The molecule has 0 saturated carbocycles. The van der Waals surface area contributed by atoms with E-state index in [1.54, 1.807) is 7.05 Å². The number of halogens is 1. The van der Waals surface area contributed by atoms with Crippen molar-refractivity contribution in [2.75, 3.05) is 25.5 Å². The van der Waals surface area contributed by atoms with Gasteiger partial charge in [-0.1, -0.05) is 18.2 Å². The number of aliphatic imine (C=N–C) groups is 1. The van der Waals surface area contributed by atoms with Crippen LogP contribution in [-0.4, -0.2) is 52.4 Å². The largest absolute Gasteiger partial charge is 0.444 e. The summed E-state index contributed by atoms with van der Waals surface area (Å²) in [5.74, 6) is 1.64. The minimum atomic E-state index is -0.522. The maximum atomic E-state index is 11.8. The molecule has 3 N–H and O–H groups in total. The van der Waals surface area contributed by atoms with Crippen LogP contribution in [0.15, 0.2) is 53.7 Å². The number of pyridine rings is 1. The molecule has 2 heterocycles. The number of anilines is 1. The Morgan fingerprint density at radius 1 is 1.03 bits per heavy atom. The zero-order chi connectivity index (χ0) is 23.0. The van der Waals surface area contributed by atoms with Crippen LogP contribution in [0.1, 0.15) is 32.2 Å². The molecule has 1 aromatic carbocycles. The van der Waals surface area contributed by atoms with Crippen molar-refractivity contribution in [3.63, 3.8) is 0 Å². The van der Waals surface area contributed by atoms with Gasteiger partial charge in [-0.15, -0.1) is 34.2 Å². The third-order valence-corrected chi connectivity index (χ3v) is 4.55. The molecule has 1 amide bonds. The quantitative estimate of drug-likeness (QED) is 0.230. The van der Waals surface area contributed by atoms with Gasteiger partial charge < -0.3 is 15.4 Å². The monoisotopic (exact) mass is 565 g/mol. The molecule has 9 nitrogen and oxygen atoms in total. The summed E-state index contributed by atoms with van der Waals surface area (Å²) >= 11 is 0. The number of aromatic nitrogens is 3. The Kier molecular flexibility index (Phi) is 9.89. The molecule has 0 atom stereocenters. The van der Waals surface area contributed by atoms with E-state index in [9.17, 15) is 4.79 Å². The Labute approximate surface area is 211 Å². The number of guanidine groups is 1. The first-order valence-corrected chi connectivity index (χ1v) is 10.7. The van der Waals surface area contributed by atoms with E-state index in [0.717, 1.165) is 42.4 Å². The molecule has 3 aromatic rings. The summed E-state index contributed by atoms with van der Waals surface area (Å²) in [7, 11) is 1.75. The highest BCUT2D eigenvalue weighted by Crippen LogP contribution is 2.13. The second-order valence-corrected chi connectivity index (χ2v) is 8.29. The summed E-state index contributed by atoms with van der Waals surface area (Å²) in [6.07, 6.45) is 3.06. The van der Waals surface area contributed by atoms with Gasteiger partial charge in [0.25, 0.3) is 0 Å². The van der Waals surface area contributed by atoms with E-state index < -0.39 is 11.7 Å². The lowest BCUT2D eigenvalue weighted by atomic mass is 10.1. The van der Waals surface area contributed by atoms with Crippen LogP contribution in [0.4, 0.5) is 10.5 Å². The lowest BCUT2D eigenvalue weighted by molar-refractivity contribution is 0.0636. The zero-order valence-electron chi connectivity index (χ0n) is 19.5. The Morgan fingerprint density at radius 3 is 2.39 bits per heavy atom. The Bertz CT molecular complexity index is 1060. The number of amides is 1. The van der Waals surface area contributed by atoms with Crippen molar-refractivity contribution in [3.05, 3.63) is 60.0 Å². The van der Waals surface area contributed by atoms with Crippen LogP contribution in [0.2, 0.25) is 0 Å². The number of nitrogens with one attached hydrogen (secondary N) is 3. The van der Waals surface area contributed by atoms with Gasteiger partial charge in [-0.05, 0) is 57.0 Å². The third kappa shape index (κ3) is 8.52.